The highest BCUT2D eigenvalue weighted by Gasteiger charge is 2.22. The molecule has 0 amide bonds. The molecule has 0 aliphatic heterocycles. The van der Waals surface area contributed by atoms with Gasteiger partial charge in [0.05, 0.1) is 12.2 Å². The monoisotopic (exact) mass is 200 g/mol. The molecule has 0 rings (SSSR count). The van der Waals surface area contributed by atoms with Gasteiger partial charge in [-0.15, -0.1) is 0 Å². The fraction of sp³-hybridized carbons (Fsp3) is 0.833. The molecule has 0 saturated heterocycles. The summed E-state index contributed by atoms with van der Waals surface area (Å²) in [4.78, 5) is 0. The highest BCUT2D eigenvalue weighted by atomic mass is 16.3. The van der Waals surface area contributed by atoms with E-state index in [1.165, 1.54) is 0 Å². The van der Waals surface area contributed by atoms with Gasteiger partial charge in [0.15, 0.2) is 0 Å². The van der Waals surface area contributed by atoms with Gasteiger partial charge in [0.1, 0.15) is 0 Å². The Hall–Kier alpha value is -0.340. The van der Waals surface area contributed by atoms with Crippen molar-refractivity contribution in [2.75, 3.05) is 0 Å². The average molecular weight is 200 g/mol. The molecule has 84 valence electrons. The zero-order chi connectivity index (χ0) is 11.6. The SMILES string of the molecule is CC(C)(C)[C@@H](O)/C=C/[C@H](O)C(C)(C)C. The van der Waals surface area contributed by atoms with Crippen LogP contribution in [-0.4, -0.2) is 22.4 Å². The summed E-state index contributed by atoms with van der Waals surface area (Å²) in [6, 6.07) is 0. The number of rotatable bonds is 2. The molecule has 2 heteroatoms. The molecule has 2 N–H and O–H groups in total. The Kier molecular flexibility index (Phi) is 4.34. The number of hydrogen-bond donors (Lipinski definition) is 2. The van der Waals surface area contributed by atoms with Crippen LogP contribution in [0.4, 0.5) is 0 Å². The second-order valence-corrected chi connectivity index (χ2v) is 6.01. The van der Waals surface area contributed by atoms with Gasteiger partial charge in [-0.3, -0.25) is 0 Å². The minimum Gasteiger partial charge on any atom is -0.388 e. The molecular formula is C12H24O2. The second-order valence-electron chi connectivity index (χ2n) is 6.01. The summed E-state index contributed by atoms with van der Waals surface area (Å²) in [5.74, 6) is 0. The topological polar surface area (TPSA) is 40.5 Å². The maximum absolute atomic E-state index is 9.70. The van der Waals surface area contributed by atoms with Crippen molar-refractivity contribution in [2.24, 2.45) is 10.8 Å². The summed E-state index contributed by atoms with van der Waals surface area (Å²) in [7, 11) is 0. The predicted molar refractivity (Wildman–Crippen MR) is 60.1 cm³/mol. The molecule has 14 heavy (non-hydrogen) atoms. The Morgan fingerprint density at radius 3 is 1.07 bits per heavy atom. The van der Waals surface area contributed by atoms with E-state index >= 15 is 0 Å². The summed E-state index contributed by atoms with van der Waals surface area (Å²) in [5.41, 5.74) is -0.345. The molecule has 0 heterocycles. The smallest absolute Gasteiger partial charge is 0.0770 e. The molecule has 2 atom stereocenters. The van der Waals surface area contributed by atoms with Gasteiger partial charge in [0.25, 0.3) is 0 Å². The molecule has 0 radical (unpaired) electrons. The van der Waals surface area contributed by atoms with Crippen molar-refractivity contribution in [3.8, 4) is 0 Å². The van der Waals surface area contributed by atoms with E-state index in [0.29, 0.717) is 0 Å². The van der Waals surface area contributed by atoms with Gasteiger partial charge in [-0.2, -0.15) is 0 Å². The number of aliphatic hydroxyl groups is 2. The minimum atomic E-state index is -0.514. The maximum atomic E-state index is 9.70. The zero-order valence-corrected chi connectivity index (χ0v) is 10.2. The summed E-state index contributed by atoms with van der Waals surface area (Å²) < 4.78 is 0. The molecule has 0 bridgehead atoms. The van der Waals surface area contributed by atoms with Gasteiger partial charge >= 0.3 is 0 Å². The lowest BCUT2D eigenvalue weighted by molar-refractivity contribution is 0.0909. The van der Waals surface area contributed by atoms with E-state index in [2.05, 4.69) is 0 Å². The van der Waals surface area contributed by atoms with Crippen LogP contribution < -0.4 is 0 Å². The Morgan fingerprint density at radius 2 is 0.929 bits per heavy atom. The van der Waals surface area contributed by atoms with Gasteiger partial charge in [-0.05, 0) is 10.8 Å². The highest BCUT2D eigenvalue weighted by Crippen LogP contribution is 2.23. The lowest BCUT2D eigenvalue weighted by atomic mass is 9.86. The van der Waals surface area contributed by atoms with Crippen molar-refractivity contribution in [3.05, 3.63) is 12.2 Å². The van der Waals surface area contributed by atoms with E-state index in [9.17, 15) is 10.2 Å². The molecule has 0 spiro atoms. The van der Waals surface area contributed by atoms with E-state index in [-0.39, 0.29) is 10.8 Å². The molecule has 0 aromatic rings. The van der Waals surface area contributed by atoms with Crippen LogP contribution in [0.25, 0.3) is 0 Å². The predicted octanol–water partition coefficient (Wildman–Crippen LogP) is 2.36. The second kappa shape index (κ2) is 4.45. The number of hydrogen-bond acceptors (Lipinski definition) is 2. The van der Waals surface area contributed by atoms with E-state index in [0.717, 1.165) is 0 Å². The van der Waals surface area contributed by atoms with Crippen molar-refractivity contribution < 1.29 is 10.2 Å². The molecular weight excluding hydrogens is 176 g/mol. The van der Waals surface area contributed by atoms with Crippen LogP contribution in [0, 0.1) is 10.8 Å². The first kappa shape index (κ1) is 13.7. The van der Waals surface area contributed by atoms with Crippen LogP contribution in [0.2, 0.25) is 0 Å². The molecule has 0 aliphatic carbocycles. The van der Waals surface area contributed by atoms with Crippen molar-refractivity contribution in [1.29, 1.82) is 0 Å². The van der Waals surface area contributed by atoms with Crippen LogP contribution >= 0.6 is 0 Å². The van der Waals surface area contributed by atoms with Gasteiger partial charge in [0, 0.05) is 0 Å². The van der Waals surface area contributed by atoms with Crippen molar-refractivity contribution in [1.82, 2.24) is 0 Å². The maximum Gasteiger partial charge on any atom is 0.0770 e. The fourth-order valence-electron chi connectivity index (χ4n) is 0.788. The molecule has 0 aromatic carbocycles. The zero-order valence-electron chi connectivity index (χ0n) is 10.2. The Balaban J connectivity index is 4.32. The van der Waals surface area contributed by atoms with Gasteiger partial charge in [-0.25, -0.2) is 0 Å². The fourth-order valence-corrected chi connectivity index (χ4v) is 0.788. The Labute approximate surface area is 87.7 Å². The van der Waals surface area contributed by atoms with Crippen LogP contribution in [-0.2, 0) is 0 Å². The third-order valence-corrected chi connectivity index (χ3v) is 2.25. The lowest BCUT2D eigenvalue weighted by Crippen LogP contribution is -2.27. The molecule has 0 unspecified atom stereocenters. The molecule has 2 nitrogen and oxygen atoms in total. The van der Waals surface area contributed by atoms with E-state index in [1.807, 2.05) is 41.5 Å². The highest BCUT2D eigenvalue weighted by molar-refractivity contribution is 5.00. The number of aliphatic hydroxyl groups excluding tert-OH is 2. The van der Waals surface area contributed by atoms with Gasteiger partial charge < -0.3 is 10.2 Å². The lowest BCUT2D eigenvalue weighted by Gasteiger charge is -2.26. The first-order chi connectivity index (χ1) is 6.05. The summed E-state index contributed by atoms with van der Waals surface area (Å²) in [6.45, 7) is 11.8. The molecule has 0 saturated carbocycles. The summed E-state index contributed by atoms with van der Waals surface area (Å²) in [6.07, 6.45) is 2.32. The molecule has 0 aromatic heterocycles. The van der Waals surface area contributed by atoms with Crippen molar-refractivity contribution >= 4 is 0 Å². The van der Waals surface area contributed by atoms with Crippen molar-refractivity contribution in [3.63, 3.8) is 0 Å². The minimum absolute atomic E-state index is 0.173. The normalized spacial score (nSPS) is 18.6. The third-order valence-electron chi connectivity index (χ3n) is 2.25. The van der Waals surface area contributed by atoms with E-state index in [4.69, 9.17) is 0 Å². The Morgan fingerprint density at radius 1 is 0.714 bits per heavy atom. The standard InChI is InChI=1S/C12H24O2/c1-11(2,3)9(13)7-8-10(14)12(4,5)6/h7-10,13-14H,1-6H3/b8-7+/t9-,10-/m0/s1. The summed E-state index contributed by atoms with van der Waals surface area (Å²) in [5, 5.41) is 19.4. The van der Waals surface area contributed by atoms with Crippen LogP contribution in [0.5, 0.6) is 0 Å². The Bertz CT molecular complexity index is 171. The van der Waals surface area contributed by atoms with Crippen LogP contribution in [0.3, 0.4) is 0 Å². The van der Waals surface area contributed by atoms with Gasteiger partial charge in [-0.1, -0.05) is 53.7 Å². The molecule has 0 fully saturated rings. The van der Waals surface area contributed by atoms with E-state index < -0.39 is 12.2 Å². The summed E-state index contributed by atoms with van der Waals surface area (Å²) >= 11 is 0. The average Bonchev–Trinajstić information content (AvgIpc) is 1.95. The third kappa shape index (κ3) is 4.77. The molecule has 0 aliphatic rings. The first-order valence-corrected chi connectivity index (χ1v) is 5.09. The first-order valence-electron chi connectivity index (χ1n) is 5.09. The van der Waals surface area contributed by atoms with Crippen LogP contribution in [0.15, 0.2) is 12.2 Å². The van der Waals surface area contributed by atoms with Crippen LogP contribution in [0.1, 0.15) is 41.5 Å². The van der Waals surface area contributed by atoms with Gasteiger partial charge in [0.2, 0.25) is 0 Å². The largest absolute Gasteiger partial charge is 0.388 e. The quantitative estimate of drug-likeness (QED) is 0.672. The van der Waals surface area contributed by atoms with E-state index in [1.54, 1.807) is 12.2 Å². The van der Waals surface area contributed by atoms with Crippen molar-refractivity contribution in [2.45, 2.75) is 53.8 Å².